The van der Waals surface area contributed by atoms with Crippen LogP contribution in [0.1, 0.15) is 32.6 Å². The number of halogens is 1. The van der Waals surface area contributed by atoms with E-state index in [1.54, 1.807) is 6.92 Å². The Labute approximate surface area is 82.8 Å². The van der Waals surface area contributed by atoms with Gasteiger partial charge in [0.15, 0.2) is 0 Å². The zero-order chi connectivity index (χ0) is 11.1. The molecule has 0 saturated heterocycles. The van der Waals surface area contributed by atoms with Gasteiger partial charge >= 0.3 is 5.97 Å². The van der Waals surface area contributed by atoms with Crippen LogP contribution in [0.5, 0.6) is 0 Å². The third-order valence-electron chi connectivity index (χ3n) is 1.90. The number of carboxylic acids is 1. The molecule has 4 N–H and O–H groups in total. The summed E-state index contributed by atoms with van der Waals surface area (Å²) in [5.41, 5.74) is 5.68. The minimum Gasteiger partial charge on any atom is -0.480 e. The summed E-state index contributed by atoms with van der Waals surface area (Å²) in [4.78, 5) is 10.3. The van der Waals surface area contributed by atoms with Crippen LogP contribution >= 0.6 is 0 Å². The average molecular weight is 204 g/mol. The van der Waals surface area contributed by atoms with Crippen molar-refractivity contribution in [1.82, 2.24) is 0 Å². The molecule has 82 valence electrons. The Morgan fingerprint density at radius 3 is 2.64 bits per heavy atom. The van der Waals surface area contributed by atoms with Crippen LogP contribution in [0.25, 0.3) is 0 Å². The Kier molecular flexibility index (Phi) is 6.03. The van der Waals surface area contributed by atoms with Gasteiger partial charge in [0.2, 0.25) is 0 Å². The van der Waals surface area contributed by atoms with E-state index in [1.165, 1.54) is 0 Å². The molecule has 0 aliphatic rings. The smallest absolute Gasteiger partial charge is 0.320 e. The van der Waals surface area contributed by atoms with Crippen LogP contribution in [0, 0.1) is 5.41 Å². The molecule has 2 unspecified atom stereocenters. The maximum Gasteiger partial charge on any atom is 0.320 e. The van der Waals surface area contributed by atoms with Crippen molar-refractivity contribution in [2.24, 2.45) is 5.73 Å². The summed E-state index contributed by atoms with van der Waals surface area (Å²) in [5, 5.41) is 15.5. The summed E-state index contributed by atoms with van der Waals surface area (Å²) in [6.07, 6.45) is 0.0789. The number of hydrogen-bond acceptors (Lipinski definition) is 3. The third-order valence-corrected chi connectivity index (χ3v) is 1.90. The first kappa shape index (κ1) is 13.0. The van der Waals surface area contributed by atoms with Gasteiger partial charge in [-0.1, -0.05) is 0 Å². The topological polar surface area (TPSA) is 87.2 Å². The zero-order valence-electron chi connectivity index (χ0n) is 8.29. The summed E-state index contributed by atoms with van der Waals surface area (Å²) in [5.74, 6) is -1.17. The highest BCUT2D eigenvalue weighted by Gasteiger charge is 2.17. The monoisotopic (exact) mass is 204 g/mol. The summed E-state index contributed by atoms with van der Waals surface area (Å²) >= 11 is 0. The lowest BCUT2D eigenvalue weighted by Gasteiger charge is -2.10. The molecular weight excluding hydrogens is 187 g/mol. The number of carbonyl (C=O) groups is 1. The van der Waals surface area contributed by atoms with E-state index in [4.69, 9.17) is 16.2 Å². The van der Waals surface area contributed by atoms with E-state index in [1.807, 2.05) is 0 Å². The number of alkyl halides is 1. The van der Waals surface area contributed by atoms with Crippen molar-refractivity contribution in [3.8, 4) is 0 Å². The molecule has 0 spiro atoms. The minimum atomic E-state index is -1.18. The summed E-state index contributed by atoms with van der Waals surface area (Å²) in [6.45, 7) is 1.66. The molecule has 14 heavy (non-hydrogen) atoms. The van der Waals surface area contributed by atoms with E-state index in [0.717, 1.165) is 0 Å². The van der Waals surface area contributed by atoms with E-state index in [-0.39, 0.29) is 12.8 Å². The molecule has 0 amide bonds. The van der Waals surface area contributed by atoms with Gasteiger partial charge in [-0.15, -0.1) is 0 Å². The fourth-order valence-electron chi connectivity index (χ4n) is 1.08. The van der Waals surface area contributed by atoms with Gasteiger partial charge in [-0.25, -0.2) is 4.39 Å². The molecule has 0 aromatic heterocycles. The summed E-state index contributed by atoms with van der Waals surface area (Å²) < 4.78 is 13.1. The molecular formula is C9H17FN2O2. The molecule has 0 saturated carbocycles. The van der Waals surface area contributed by atoms with E-state index in [9.17, 15) is 9.18 Å². The van der Waals surface area contributed by atoms with Crippen molar-refractivity contribution in [1.29, 1.82) is 5.41 Å². The quantitative estimate of drug-likeness (QED) is 0.547. The molecule has 0 fully saturated rings. The summed E-state index contributed by atoms with van der Waals surface area (Å²) in [6, 6.07) is -1.12. The maximum absolute atomic E-state index is 13.1. The van der Waals surface area contributed by atoms with Gasteiger partial charge in [-0.3, -0.25) is 4.79 Å². The van der Waals surface area contributed by atoms with Crippen LogP contribution in [-0.2, 0) is 4.79 Å². The zero-order valence-corrected chi connectivity index (χ0v) is 8.29. The van der Waals surface area contributed by atoms with Gasteiger partial charge in [0.05, 0.1) is 0 Å². The Balaban J connectivity index is 3.59. The van der Waals surface area contributed by atoms with Crippen molar-refractivity contribution < 1.29 is 14.3 Å². The highest BCUT2D eigenvalue weighted by molar-refractivity contribution is 5.78. The van der Waals surface area contributed by atoms with Crippen LogP contribution < -0.4 is 5.73 Å². The molecule has 0 aliphatic heterocycles. The summed E-state index contributed by atoms with van der Waals surface area (Å²) in [7, 11) is 0. The molecule has 0 aliphatic carbocycles. The number of carboxylic acid groups (broad SMARTS) is 1. The number of hydrogen-bond donors (Lipinski definition) is 3. The van der Waals surface area contributed by atoms with Gasteiger partial charge in [0, 0.05) is 12.1 Å². The first-order valence-corrected chi connectivity index (χ1v) is 4.60. The van der Waals surface area contributed by atoms with Gasteiger partial charge in [0.1, 0.15) is 12.2 Å². The standard InChI is InChI=1S/C9H17FN2O2/c1-6(11)3-2-4-7(10)5-8(12)9(13)14/h7-8,11H,2-5,12H2,1H3,(H,13,14). The predicted octanol–water partition coefficient (Wildman–Crippen LogP) is 1.34. The minimum absolute atomic E-state index is 0.146. The van der Waals surface area contributed by atoms with Crippen molar-refractivity contribution in [3.05, 3.63) is 0 Å². The van der Waals surface area contributed by atoms with Gasteiger partial charge in [-0.05, 0) is 26.2 Å². The highest BCUT2D eigenvalue weighted by Crippen LogP contribution is 2.10. The Bertz CT molecular complexity index is 209. The van der Waals surface area contributed by atoms with Crippen molar-refractivity contribution in [2.75, 3.05) is 0 Å². The van der Waals surface area contributed by atoms with Crippen LogP contribution in [-0.4, -0.2) is 29.0 Å². The first-order chi connectivity index (χ1) is 6.43. The van der Waals surface area contributed by atoms with Crippen molar-refractivity contribution in [3.63, 3.8) is 0 Å². The fourth-order valence-corrected chi connectivity index (χ4v) is 1.08. The van der Waals surface area contributed by atoms with Crippen molar-refractivity contribution >= 4 is 11.7 Å². The lowest BCUT2D eigenvalue weighted by Crippen LogP contribution is -2.32. The van der Waals surface area contributed by atoms with E-state index in [2.05, 4.69) is 0 Å². The molecule has 5 heteroatoms. The molecule has 2 atom stereocenters. The lowest BCUT2D eigenvalue weighted by atomic mass is 10.0. The molecule has 0 bridgehead atoms. The first-order valence-electron chi connectivity index (χ1n) is 4.60. The SMILES string of the molecule is CC(=N)CCCC(F)CC(N)C(=O)O. The second kappa shape index (κ2) is 6.48. The molecule has 0 aromatic carbocycles. The Morgan fingerprint density at radius 1 is 1.64 bits per heavy atom. The van der Waals surface area contributed by atoms with Gasteiger partial charge in [-0.2, -0.15) is 0 Å². The number of rotatable bonds is 7. The van der Waals surface area contributed by atoms with Gasteiger partial charge in [0.25, 0.3) is 0 Å². The van der Waals surface area contributed by atoms with E-state index >= 15 is 0 Å². The second-order valence-electron chi connectivity index (χ2n) is 3.45. The number of aliphatic carboxylic acids is 1. The predicted molar refractivity (Wildman–Crippen MR) is 52.4 cm³/mol. The molecule has 4 nitrogen and oxygen atoms in total. The van der Waals surface area contributed by atoms with Crippen LogP contribution in [0.3, 0.4) is 0 Å². The Hall–Kier alpha value is -0.970. The normalized spacial score (nSPS) is 14.8. The maximum atomic E-state index is 13.1. The van der Waals surface area contributed by atoms with E-state index < -0.39 is 18.2 Å². The molecule has 0 rings (SSSR count). The fraction of sp³-hybridized carbons (Fsp3) is 0.778. The lowest BCUT2D eigenvalue weighted by molar-refractivity contribution is -0.139. The third kappa shape index (κ3) is 6.54. The van der Waals surface area contributed by atoms with Crippen LogP contribution in [0.4, 0.5) is 4.39 Å². The Morgan fingerprint density at radius 2 is 2.21 bits per heavy atom. The van der Waals surface area contributed by atoms with E-state index in [0.29, 0.717) is 18.6 Å². The van der Waals surface area contributed by atoms with Crippen LogP contribution in [0.15, 0.2) is 0 Å². The molecule has 0 aromatic rings. The molecule has 0 radical (unpaired) electrons. The number of nitrogens with two attached hydrogens (primary N) is 1. The second-order valence-corrected chi connectivity index (χ2v) is 3.45. The highest BCUT2D eigenvalue weighted by atomic mass is 19.1. The van der Waals surface area contributed by atoms with Gasteiger partial charge < -0.3 is 16.2 Å². The molecule has 0 heterocycles. The largest absolute Gasteiger partial charge is 0.480 e. The average Bonchev–Trinajstić information content (AvgIpc) is 2.02. The number of nitrogens with one attached hydrogen (secondary N) is 1. The van der Waals surface area contributed by atoms with Crippen molar-refractivity contribution in [2.45, 2.75) is 44.8 Å². The van der Waals surface area contributed by atoms with Crippen LogP contribution in [0.2, 0.25) is 0 Å².